The highest BCUT2D eigenvalue weighted by Crippen LogP contribution is 2.32. The third-order valence-electron chi connectivity index (χ3n) is 5.15. The molecule has 3 N–H and O–H groups in total. The second-order valence-electron chi connectivity index (χ2n) is 7.19. The van der Waals surface area contributed by atoms with Gasteiger partial charge in [-0.2, -0.15) is 4.72 Å². The van der Waals surface area contributed by atoms with Crippen LogP contribution in [0.15, 0.2) is 23.1 Å². The highest BCUT2D eigenvalue weighted by molar-refractivity contribution is 7.89. The van der Waals surface area contributed by atoms with Crippen LogP contribution in [0, 0.1) is 5.92 Å². The largest absolute Gasteiger partial charge is 0.347 e. The van der Waals surface area contributed by atoms with Gasteiger partial charge >= 0.3 is 0 Å². The van der Waals surface area contributed by atoms with Crippen molar-refractivity contribution in [2.45, 2.75) is 50.5 Å². The Morgan fingerprint density at radius 1 is 1.23 bits per heavy atom. The number of aromatic nitrogens is 1. The molecule has 1 atom stereocenters. The van der Waals surface area contributed by atoms with Gasteiger partial charge in [0.1, 0.15) is 6.04 Å². The van der Waals surface area contributed by atoms with E-state index < -0.39 is 22.0 Å². The fourth-order valence-corrected chi connectivity index (χ4v) is 5.07. The molecule has 0 aliphatic heterocycles. The van der Waals surface area contributed by atoms with E-state index in [1.54, 1.807) is 26.0 Å². The monoisotopic (exact) mass is 379 g/mol. The van der Waals surface area contributed by atoms with Gasteiger partial charge in [0.25, 0.3) is 5.91 Å². The number of benzene rings is 1. The molecule has 0 bridgehead atoms. The number of carbonyl (C=O) groups excluding carboxylic acids is 1. The molecule has 7 nitrogen and oxygen atoms in total. The maximum atomic E-state index is 12.8. The Morgan fingerprint density at radius 3 is 2.58 bits per heavy atom. The predicted molar refractivity (Wildman–Crippen MR) is 98.4 cm³/mol. The molecule has 0 saturated heterocycles. The molecule has 0 radical (unpaired) electrons. The Hall–Kier alpha value is -1.90. The SMILES string of the molecule is CC(C)[C@H](NS(=O)(=O)c1ccc2c3c(n(C)c2c1)CCCC3)C(=O)NO. The molecular formula is C18H25N3O4S. The highest BCUT2D eigenvalue weighted by atomic mass is 32.2. The minimum absolute atomic E-state index is 0.110. The first kappa shape index (κ1) is 18.9. The lowest BCUT2D eigenvalue weighted by Gasteiger charge is -2.20. The van der Waals surface area contributed by atoms with Crippen LogP contribution in [0.5, 0.6) is 0 Å². The zero-order chi connectivity index (χ0) is 19.1. The van der Waals surface area contributed by atoms with E-state index in [0.29, 0.717) is 0 Å². The van der Waals surface area contributed by atoms with E-state index in [9.17, 15) is 13.2 Å². The summed E-state index contributed by atoms with van der Waals surface area (Å²) in [6.45, 7) is 3.41. The lowest BCUT2D eigenvalue weighted by atomic mass is 9.96. The molecule has 3 rings (SSSR count). The van der Waals surface area contributed by atoms with E-state index in [-0.39, 0.29) is 10.8 Å². The quantitative estimate of drug-likeness (QED) is 0.545. The maximum absolute atomic E-state index is 12.8. The standard InChI is InChI=1S/C18H25N3O4S/c1-11(2)17(18(22)19-23)20-26(24,25)12-8-9-14-13-6-4-5-7-15(13)21(3)16(14)10-12/h8-11,17,20,23H,4-7H2,1-3H3,(H,19,22)/t17-/m0/s1. The Bertz CT molecular complexity index is 947. The normalized spacial score (nSPS) is 15.9. The van der Waals surface area contributed by atoms with Crippen molar-refractivity contribution in [2.24, 2.45) is 13.0 Å². The van der Waals surface area contributed by atoms with Crippen LogP contribution in [-0.2, 0) is 34.7 Å². The second kappa shape index (κ2) is 7.02. The van der Waals surface area contributed by atoms with Crippen LogP contribution in [-0.4, -0.2) is 30.1 Å². The Kier molecular flexibility index (Phi) is 5.09. The molecule has 1 aromatic carbocycles. The van der Waals surface area contributed by atoms with Gasteiger partial charge in [-0.3, -0.25) is 10.0 Å². The van der Waals surface area contributed by atoms with Gasteiger partial charge in [0.15, 0.2) is 0 Å². The number of nitrogens with one attached hydrogen (secondary N) is 2. The zero-order valence-corrected chi connectivity index (χ0v) is 16.1. The molecule has 1 aromatic heterocycles. The second-order valence-corrected chi connectivity index (χ2v) is 8.90. The van der Waals surface area contributed by atoms with Gasteiger partial charge in [-0.15, -0.1) is 0 Å². The number of sulfonamides is 1. The maximum Gasteiger partial charge on any atom is 0.261 e. The molecule has 8 heteroatoms. The smallest absolute Gasteiger partial charge is 0.261 e. The number of hydrogen-bond acceptors (Lipinski definition) is 4. The molecule has 0 saturated carbocycles. The van der Waals surface area contributed by atoms with Crippen LogP contribution < -0.4 is 10.2 Å². The van der Waals surface area contributed by atoms with Crippen LogP contribution >= 0.6 is 0 Å². The first-order valence-corrected chi connectivity index (χ1v) is 10.3. The Morgan fingerprint density at radius 2 is 1.92 bits per heavy atom. The van der Waals surface area contributed by atoms with Crippen molar-refractivity contribution in [3.63, 3.8) is 0 Å². The van der Waals surface area contributed by atoms with Gasteiger partial charge in [-0.1, -0.05) is 19.9 Å². The molecule has 2 aromatic rings. The first-order valence-electron chi connectivity index (χ1n) is 8.82. The number of nitrogens with zero attached hydrogens (tertiary/aromatic N) is 1. The average Bonchev–Trinajstić information content (AvgIpc) is 2.91. The van der Waals surface area contributed by atoms with Gasteiger partial charge in [0, 0.05) is 23.6 Å². The zero-order valence-electron chi connectivity index (χ0n) is 15.2. The van der Waals surface area contributed by atoms with Crippen LogP contribution in [0.2, 0.25) is 0 Å². The summed E-state index contributed by atoms with van der Waals surface area (Å²) >= 11 is 0. The van der Waals surface area contributed by atoms with E-state index in [2.05, 4.69) is 9.29 Å². The summed E-state index contributed by atoms with van der Waals surface area (Å²) in [4.78, 5) is 11.9. The van der Waals surface area contributed by atoms with Crippen molar-refractivity contribution in [1.82, 2.24) is 14.8 Å². The average molecular weight is 379 g/mol. The van der Waals surface area contributed by atoms with E-state index in [1.807, 2.05) is 13.1 Å². The van der Waals surface area contributed by atoms with Crippen molar-refractivity contribution in [3.05, 3.63) is 29.5 Å². The summed E-state index contributed by atoms with van der Waals surface area (Å²) in [6.07, 6.45) is 4.33. The molecule has 1 heterocycles. The summed E-state index contributed by atoms with van der Waals surface area (Å²) < 4.78 is 30.0. The van der Waals surface area contributed by atoms with Crippen molar-refractivity contribution in [1.29, 1.82) is 0 Å². The van der Waals surface area contributed by atoms with Crippen molar-refractivity contribution in [3.8, 4) is 0 Å². The summed E-state index contributed by atoms with van der Waals surface area (Å²) in [7, 11) is -1.94. The van der Waals surface area contributed by atoms with Gasteiger partial charge in [0.2, 0.25) is 10.0 Å². The number of amides is 1. The lowest BCUT2D eigenvalue weighted by molar-refractivity contribution is -0.131. The number of aryl methyl sites for hydroxylation is 2. The summed E-state index contributed by atoms with van der Waals surface area (Å²) in [5, 5.41) is 9.95. The highest BCUT2D eigenvalue weighted by Gasteiger charge is 2.29. The topological polar surface area (TPSA) is 100 Å². The molecule has 0 unspecified atom stereocenters. The molecule has 0 spiro atoms. The summed E-state index contributed by atoms with van der Waals surface area (Å²) in [5.74, 6) is -1.10. The fraction of sp³-hybridized carbons (Fsp3) is 0.500. The van der Waals surface area contributed by atoms with Gasteiger partial charge in [0.05, 0.1) is 4.90 Å². The number of carbonyl (C=O) groups is 1. The van der Waals surface area contributed by atoms with E-state index in [1.165, 1.54) is 16.7 Å². The number of fused-ring (bicyclic) bond motifs is 3. The van der Waals surface area contributed by atoms with Gasteiger partial charge in [-0.25, -0.2) is 13.9 Å². The third-order valence-corrected chi connectivity index (χ3v) is 6.59. The molecule has 26 heavy (non-hydrogen) atoms. The predicted octanol–water partition coefficient (Wildman–Crippen LogP) is 1.87. The summed E-state index contributed by atoms with van der Waals surface area (Å²) in [5.41, 5.74) is 4.99. The molecule has 142 valence electrons. The van der Waals surface area contributed by atoms with Gasteiger partial charge in [-0.05, 0) is 49.3 Å². The minimum atomic E-state index is -3.90. The molecule has 1 amide bonds. The number of rotatable bonds is 5. The number of hydrogen-bond donors (Lipinski definition) is 3. The fourth-order valence-electron chi connectivity index (χ4n) is 3.70. The van der Waals surface area contributed by atoms with Crippen LogP contribution in [0.1, 0.15) is 37.9 Å². The lowest BCUT2D eigenvalue weighted by Crippen LogP contribution is -2.48. The first-order chi connectivity index (χ1) is 12.3. The van der Waals surface area contributed by atoms with E-state index in [0.717, 1.165) is 36.6 Å². The van der Waals surface area contributed by atoms with Crippen LogP contribution in [0.3, 0.4) is 0 Å². The van der Waals surface area contributed by atoms with E-state index >= 15 is 0 Å². The van der Waals surface area contributed by atoms with Crippen molar-refractivity contribution >= 4 is 26.8 Å². The summed E-state index contributed by atoms with van der Waals surface area (Å²) in [6, 6.07) is 4.03. The number of hydroxylamine groups is 1. The van der Waals surface area contributed by atoms with Gasteiger partial charge < -0.3 is 4.57 Å². The van der Waals surface area contributed by atoms with Crippen molar-refractivity contribution < 1.29 is 18.4 Å². The molecular weight excluding hydrogens is 354 g/mol. The minimum Gasteiger partial charge on any atom is -0.347 e. The molecule has 1 aliphatic carbocycles. The molecule has 1 aliphatic rings. The third kappa shape index (κ3) is 3.24. The van der Waals surface area contributed by atoms with Crippen molar-refractivity contribution in [2.75, 3.05) is 0 Å². The Balaban J connectivity index is 2.01. The molecule has 0 fully saturated rings. The Labute approximate surface area is 153 Å². The van der Waals surface area contributed by atoms with Crippen LogP contribution in [0.25, 0.3) is 10.9 Å². The van der Waals surface area contributed by atoms with E-state index in [4.69, 9.17) is 5.21 Å². The van der Waals surface area contributed by atoms with Crippen LogP contribution in [0.4, 0.5) is 0 Å².